The number of nitrogens with one attached hydrogen (secondary N) is 5. The zero-order valence-corrected chi connectivity index (χ0v) is 35.2. The minimum absolute atomic E-state index is 0.00887. The molecule has 0 saturated carbocycles. The number of cyclic esters (lactones) is 1. The Bertz CT molecular complexity index is 2300. The van der Waals surface area contributed by atoms with Gasteiger partial charge < -0.3 is 60.9 Å². The van der Waals surface area contributed by atoms with Crippen LogP contribution in [0.5, 0.6) is 11.5 Å². The molecule has 1 aromatic carbocycles. The van der Waals surface area contributed by atoms with Gasteiger partial charge in [0.2, 0.25) is 36.3 Å². The summed E-state index contributed by atoms with van der Waals surface area (Å²) >= 11 is 0. The van der Waals surface area contributed by atoms with Crippen LogP contribution in [-0.4, -0.2) is 101 Å². The topological polar surface area (TPSA) is 281 Å². The Hall–Kier alpha value is -6.12. The van der Waals surface area contributed by atoms with Crippen LogP contribution in [0.1, 0.15) is 88.2 Å². The zero-order chi connectivity index (χ0) is 44.7. The molecule has 0 fully saturated rings. The molecule has 0 saturated heterocycles. The third-order valence-corrected chi connectivity index (χ3v) is 11.0. The fraction of sp³-hybridized carbons (Fsp3) is 0.524. The number of aromatic nitrogens is 2. The first-order valence-electron chi connectivity index (χ1n) is 20.7. The molecule has 20 heteroatoms. The van der Waals surface area contributed by atoms with Crippen molar-refractivity contribution in [2.75, 3.05) is 33.0 Å². The van der Waals surface area contributed by atoms with E-state index in [9.17, 15) is 38.7 Å². The van der Waals surface area contributed by atoms with Crippen molar-refractivity contribution in [1.82, 2.24) is 36.1 Å². The first-order valence-corrected chi connectivity index (χ1v) is 20.7. The van der Waals surface area contributed by atoms with Gasteiger partial charge in [-0.05, 0) is 62.8 Å². The van der Waals surface area contributed by atoms with Gasteiger partial charge in [0, 0.05) is 49.0 Å². The number of aliphatic hydroxyl groups is 1. The van der Waals surface area contributed by atoms with Gasteiger partial charge in [0.25, 0.3) is 5.56 Å². The second-order valence-corrected chi connectivity index (χ2v) is 15.8. The average molecular weight is 863 g/mol. The molecule has 5 amide bonds. The molecule has 62 heavy (non-hydrogen) atoms. The van der Waals surface area contributed by atoms with E-state index in [4.69, 9.17) is 29.7 Å². The SMILES string of the molecule is CC(=O)NCCOC(C)CCC(=O)N[C@H](C(=O)N[C@@H](CCCCN)C(=O)NCC(=O)NCc1c2c(nc3cc4c(cc13)OCO4)-c1cc3c(c(=O)n1C2)COC(=O)[C@H]3O)C(C)C. The summed E-state index contributed by atoms with van der Waals surface area (Å²) in [5.41, 5.74) is 8.10. The standard InChI is InChI=1S/C42H54N8O12/c1-21(2)36(49-34(52)9-8-22(3)59-12-11-44-23(4)51)40(56)48-29(7-5-6-10-43)39(55)46-17-35(53)45-16-26-24-14-32-33(62-20-61-32)15-30(24)47-37-27(26)18-50-31(37)13-25-28(41(50)57)19-60-42(58)38(25)54/h13-15,21-22,29,36,38,54H,5-12,16-20,43H2,1-4H3,(H,44,51)(H,45,53)(H,46,55)(H,48,56)(H,49,52)/t22?,29-,36-,38-/m0/s1. The van der Waals surface area contributed by atoms with Crippen LogP contribution in [0.2, 0.25) is 0 Å². The quantitative estimate of drug-likeness (QED) is 0.0457. The summed E-state index contributed by atoms with van der Waals surface area (Å²) in [4.78, 5) is 95.1. The van der Waals surface area contributed by atoms with Crippen LogP contribution in [0.15, 0.2) is 23.0 Å². The summed E-state index contributed by atoms with van der Waals surface area (Å²) in [6.45, 7) is 7.11. The Balaban J connectivity index is 1.11. The van der Waals surface area contributed by atoms with Crippen LogP contribution >= 0.6 is 0 Å². The monoisotopic (exact) mass is 862 g/mol. The average Bonchev–Trinajstić information content (AvgIpc) is 3.85. The van der Waals surface area contributed by atoms with Crippen molar-refractivity contribution in [3.05, 3.63) is 50.8 Å². The smallest absolute Gasteiger partial charge is 0.340 e. The predicted octanol–water partition coefficient (Wildman–Crippen LogP) is 0.0525. The number of hydrogen-bond donors (Lipinski definition) is 7. The van der Waals surface area contributed by atoms with E-state index in [-0.39, 0.29) is 74.3 Å². The Labute approximate surface area is 356 Å². The Kier molecular flexibility index (Phi) is 14.8. The van der Waals surface area contributed by atoms with E-state index in [0.29, 0.717) is 83.9 Å². The number of esters is 1. The molecular formula is C42H54N8O12. The number of nitrogens with two attached hydrogens (primary N) is 1. The lowest BCUT2D eigenvalue weighted by Crippen LogP contribution is -2.56. The minimum Gasteiger partial charge on any atom is -0.458 e. The van der Waals surface area contributed by atoms with E-state index in [2.05, 4.69) is 26.6 Å². The van der Waals surface area contributed by atoms with Gasteiger partial charge in [0.05, 0.1) is 48.3 Å². The van der Waals surface area contributed by atoms with Crippen LogP contribution in [0, 0.1) is 5.92 Å². The molecule has 334 valence electrons. The molecule has 2 aromatic heterocycles. The Morgan fingerprint density at radius 1 is 0.935 bits per heavy atom. The van der Waals surface area contributed by atoms with E-state index >= 15 is 0 Å². The number of rotatable bonds is 20. The molecule has 0 radical (unpaired) electrons. The molecule has 0 bridgehead atoms. The maximum Gasteiger partial charge on any atom is 0.340 e. The van der Waals surface area contributed by atoms with Crippen molar-refractivity contribution in [1.29, 1.82) is 0 Å². The van der Waals surface area contributed by atoms with Crippen molar-refractivity contribution in [2.45, 2.75) is 104 Å². The predicted molar refractivity (Wildman–Crippen MR) is 221 cm³/mol. The minimum atomic E-state index is -1.63. The number of benzene rings is 1. The van der Waals surface area contributed by atoms with Gasteiger partial charge in [-0.15, -0.1) is 0 Å². The molecule has 5 heterocycles. The number of hydrogen-bond acceptors (Lipinski definition) is 14. The normalized spacial score (nSPS) is 16.0. The lowest BCUT2D eigenvalue weighted by atomic mass is 9.98. The molecule has 0 spiro atoms. The third-order valence-electron chi connectivity index (χ3n) is 11.0. The van der Waals surface area contributed by atoms with Crippen LogP contribution in [0.3, 0.4) is 0 Å². The first-order chi connectivity index (χ1) is 29.7. The van der Waals surface area contributed by atoms with Crippen molar-refractivity contribution >= 4 is 46.4 Å². The maximum atomic E-state index is 13.7. The number of fused-ring (bicyclic) bond motifs is 6. The highest BCUT2D eigenvalue weighted by Gasteiger charge is 2.35. The fourth-order valence-corrected chi connectivity index (χ4v) is 7.55. The number of ether oxygens (including phenoxy) is 4. The van der Waals surface area contributed by atoms with Crippen molar-refractivity contribution in [2.24, 2.45) is 11.7 Å². The van der Waals surface area contributed by atoms with Gasteiger partial charge in [-0.1, -0.05) is 13.8 Å². The highest BCUT2D eigenvalue weighted by molar-refractivity contribution is 5.94. The second-order valence-electron chi connectivity index (χ2n) is 15.8. The van der Waals surface area contributed by atoms with Crippen LogP contribution in [0.25, 0.3) is 22.3 Å². The highest BCUT2D eigenvalue weighted by atomic mass is 16.7. The molecule has 3 aromatic rings. The number of unbranched alkanes of at least 4 members (excludes halogenated alkanes) is 1. The molecular weight excluding hydrogens is 809 g/mol. The zero-order valence-electron chi connectivity index (χ0n) is 35.2. The number of pyridine rings is 2. The van der Waals surface area contributed by atoms with E-state index in [1.807, 2.05) is 6.92 Å². The summed E-state index contributed by atoms with van der Waals surface area (Å²) in [5, 5.41) is 24.9. The van der Waals surface area contributed by atoms with Crippen molar-refractivity contribution < 1.29 is 52.8 Å². The molecule has 6 rings (SSSR count). The van der Waals surface area contributed by atoms with Crippen molar-refractivity contribution in [3.63, 3.8) is 0 Å². The van der Waals surface area contributed by atoms with E-state index in [1.165, 1.54) is 11.5 Å². The van der Waals surface area contributed by atoms with Gasteiger partial charge >= 0.3 is 5.97 Å². The van der Waals surface area contributed by atoms with Gasteiger partial charge in [-0.3, -0.25) is 28.8 Å². The van der Waals surface area contributed by atoms with E-state index in [0.717, 1.165) is 0 Å². The van der Waals surface area contributed by atoms with Gasteiger partial charge in [-0.2, -0.15) is 0 Å². The largest absolute Gasteiger partial charge is 0.458 e. The van der Waals surface area contributed by atoms with Gasteiger partial charge in [-0.25, -0.2) is 9.78 Å². The fourth-order valence-electron chi connectivity index (χ4n) is 7.55. The summed E-state index contributed by atoms with van der Waals surface area (Å²) in [6.07, 6.45) is -0.0946. The third kappa shape index (κ3) is 10.5. The number of carbonyl (C=O) groups is 6. The molecule has 0 aliphatic carbocycles. The second kappa shape index (κ2) is 20.2. The van der Waals surface area contributed by atoms with E-state index < -0.39 is 54.0 Å². The Morgan fingerprint density at radius 2 is 1.69 bits per heavy atom. The van der Waals surface area contributed by atoms with Crippen LogP contribution < -0.4 is 47.4 Å². The van der Waals surface area contributed by atoms with Crippen LogP contribution in [-0.2, 0) is 57.9 Å². The molecule has 4 atom stereocenters. The summed E-state index contributed by atoms with van der Waals surface area (Å²) < 4.78 is 23.3. The lowest BCUT2D eigenvalue weighted by Gasteiger charge is -2.25. The molecule has 3 aliphatic rings. The first kappa shape index (κ1) is 45.4. The molecule has 8 N–H and O–H groups in total. The van der Waals surface area contributed by atoms with Crippen LogP contribution in [0.4, 0.5) is 0 Å². The number of carbonyl (C=O) groups excluding carboxylic acids is 6. The maximum absolute atomic E-state index is 13.7. The highest BCUT2D eigenvalue weighted by Crippen LogP contribution is 2.42. The molecule has 3 aliphatic heterocycles. The number of nitrogens with zero attached hydrogens (tertiary/aromatic N) is 2. The molecule has 20 nitrogen and oxygen atoms in total. The Morgan fingerprint density at radius 3 is 2.42 bits per heavy atom. The molecule has 1 unspecified atom stereocenters. The van der Waals surface area contributed by atoms with Gasteiger partial charge in [0.15, 0.2) is 17.6 Å². The summed E-state index contributed by atoms with van der Waals surface area (Å²) in [6, 6.07) is 3.02. The van der Waals surface area contributed by atoms with E-state index in [1.54, 1.807) is 32.0 Å². The summed E-state index contributed by atoms with van der Waals surface area (Å²) in [5.74, 6) is -2.48. The lowest BCUT2D eigenvalue weighted by molar-refractivity contribution is -0.157. The van der Waals surface area contributed by atoms with Gasteiger partial charge in [0.1, 0.15) is 18.7 Å². The number of amides is 5. The van der Waals surface area contributed by atoms with Crippen molar-refractivity contribution in [3.8, 4) is 22.9 Å². The number of aliphatic hydroxyl groups excluding tert-OH is 1. The summed E-state index contributed by atoms with van der Waals surface area (Å²) in [7, 11) is 0.